The number of rotatable bonds is 57. The van der Waals surface area contributed by atoms with Gasteiger partial charge in [-0.2, -0.15) is 0 Å². The van der Waals surface area contributed by atoms with E-state index in [1.54, 1.807) is 0 Å². The summed E-state index contributed by atoms with van der Waals surface area (Å²) in [5, 5.41) is 0. The molecule has 9 nitrogen and oxygen atoms in total. The van der Waals surface area contributed by atoms with Crippen LogP contribution >= 0.6 is 7.82 Å². The Labute approximate surface area is 444 Å². The van der Waals surface area contributed by atoms with Gasteiger partial charge >= 0.3 is 19.8 Å². The molecular weight excluding hydrogens is 918 g/mol. The SMILES string of the molecule is CC/C=C\C/C=C\C/C=C\C/C=C\C/C=C\CCCCCCCCCCCCCCCCCCCCCCCCCCCC(=O)OC(COC(=O)CCCCCCCCCCCC)COP(=O)(O)OCCN. The predicted molar refractivity (Wildman–Crippen MR) is 307 cm³/mol. The van der Waals surface area contributed by atoms with Crippen LogP contribution in [0.15, 0.2) is 60.8 Å². The van der Waals surface area contributed by atoms with Crippen LogP contribution in [0.3, 0.4) is 0 Å². The van der Waals surface area contributed by atoms with Gasteiger partial charge in [-0.25, -0.2) is 4.57 Å². The Bertz CT molecular complexity index is 1360. The van der Waals surface area contributed by atoms with Crippen molar-refractivity contribution in [2.24, 2.45) is 5.73 Å². The zero-order valence-corrected chi connectivity index (χ0v) is 47.8. The molecule has 10 heteroatoms. The summed E-state index contributed by atoms with van der Waals surface area (Å²) in [7, 11) is -4.38. The Hall–Kier alpha value is -2.29. The van der Waals surface area contributed by atoms with Crippen molar-refractivity contribution in [3.63, 3.8) is 0 Å². The second-order valence-electron chi connectivity index (χ2n) is 20.2. The molecule has 0 saturated heterocycles. The molecule has 0 saturated carbocycles. The van der Waals surface area contributed by atoms with Crippen molar-refractivity contribution >= 4 is 19.8 Å². The molecule has 72 heavy (non-hydrogen) atoms. The van der Waals surface area contributed by atoms with E-state index in [0.717, 1.165) is 64.2 Å². The first-order valence-corrected chi connectivity index (χ1v) is 31.8. The van der Waals surface area contributed by atoms with Gasteiger partial charge in [0.15, 0.2) is 6.10 Å². The van der Waals surface area contributed by atoms with Crippen molar-refractivity contribution in [2.75, 3.05) is 26.4 Å². The van der Waals surface area contributed by atoms with Crippen LogP contribution in [0.2, 0.25) is 0 Å². The summed E-state index contributed by atoms with van der Waals surface area (Å²) >= 11 is 0. The zero-order valence-electron chi connectivity index (χ0n) is 46.9. The molecule has 420 valence electrons. The molecule has 0 heterocycles. The van der Waals surface area contributed by atoms with E-state index in [2.05, 4.69) is 74.6 Å². The van der Waals surface area contributed by atoms with Crippen LogP contribution in [0.4, 0.5) is 0 Å². The van der Waals surface area contributed by atoms with Crippen molar-refractivity contribution in [3.05, 3.63) is 60.8 Å². The molecule has 0 aromatic carbocycles. The fourth-order valence-electron chi connectivity index (χ4n) is 8.72. The van der Waals surface area contributed by atoms with Gasteiger partial charge in [0.1, 0.15) is 6.61 Å². The summed E-state index contributed by atoms with van der Waals surface area (Å²) in [4.78, 5) is 35.0. The molecule has 0 fully saturated rings. The van der Waals surface area contributed by atoms with Crippen molar-refractivity contribution < 1.29 is 37.6 Å². The third-order valence-electron chi connectivity index (χ3n) is 13.2. The summed E-state index contributed by atoms with van der Waals surface area (Å²) < 4.78 is 32.9. The minimum absolute atomic E-state index is 0.0555. The number of phosphoric ester groups is 1. The molecule has 0 aliphatic rings. The first-order valence-electron chi connectivity index (χ1n) is 30.3. The van der Waals surface area contributed by atoms with Gasteiger partial charge in [0.25, 0.3) is 0 Å². The first kappa shape index (κ1) is 69.7. The number of unbranched alkanes of at least 4 members (excludes halogenated alkanes) is 34. The van der Waals surface area contributed by atoms with Crippen LogP contribution in [0.5, 0.6) is 0 Å². The van der Waals surface area contributed by atoms with Gasteiger partial charge in [-0.15, -0.1) is 0 Å². The van der Waals surface area contributed by atoms with Crippen molar-refractivity contribution in [3.8, 4) is 0 Å². The van der Waals surface area contributed by atoms with E-state index < -0.39 is 26.5 Å². The van der Waals surface area contributed by atoms with Gasteiger partial charge in [0, 0.05) is 19.4 Å². The number of nitrogens with two attached hydrogens (primary N) is 1. The van der Waals surface area contributed by atoms with Crippen LogP contribution in [0.1, 0.15) is 290 Å². The lowest BCUT2D eigenvalue weighted by atomic mass is 10.0. The van der Waals surface area contributed by atoms with Crippen molar-refractivity contribution in [1.29, 1.82) is 0 Å². The van der Waals surface area contributed by atoms with Crippen LogP contribution in [-0.4, -0.2) is 49.3 Å². The molecule has 0 aromatic rings. The fourth-order valence-corrected chi connectivity index (χ4v) is 9.49. The highest BCUT2D eigenvalue weighted by Crippen LogP contribution is 2.43. The Balaban J connectivity index is 3.69. The topological polar surface area (TPSA) is 134 Å². The highest BCUT2D eigenvalue weighted by molar-refractivity contribution is 7.47. The zero-order chi connectivity index (χ0) is 52.4. The maximum atomic E-state index is 12.7. The van der Waals surface area contributed by atoms with Crippen LogP contribution in [0, 0.1) is 0 Å². The largest absolute Gasteiger partial charge is 0.472 e. The van der Waals surface area contributed by atoms with Crippen molar-refractivity contribution in [1.82, 2.24) is 0 Å². The van der Waals surface area contributed by atoms with E-state index in [1.165, 1.54) is 193 Å². The molecule has 0 aromatic heterocycles. The molecule has 0 aliphatic heterocycles. The molecule has 0 bridgehead atoms. The Kier molecular flexibility index (Phi) is 56.1. The van der Waals surface area contributed by atoms with E-state index in [-0.39, 0.29) is 38.6 Å². The number of allylic oxidation sites excluding steroid dienone is 10. The lowest BCUT2D eigenvalue weighted by molar-refractivity contribution is -0.161. The molecule has 0 radical (unpaired) electrons. The normalized spacial score (nSPS) is 13.4. The van der Waals surface area contributed by atoms with E-state index >= 15 is 0 Å². The summed E-state index contributed by atoms with van der Waals surface area (Å²) in [6, 6.07) is 0. The number of phosphoric acid groups is 1. The summed E-state index contributed by atoms with van der Waals surface area (Å²) in [6.07, 6.45) is 73.3. The summed E-state index contributed by atoms with van der Waals surface area (Å²) in [6.45, 7) is 3.64. The number of hydrogen-bond donors (Lipinski definition) is 2. The average Bonchev–Trinajstić information content (AvgIpc) is 3.37. The second-order valence-corrected chi connectivity index (χ2v) is 21.7. The number of hydrogen-bond acceptors (Lipinski definition) is 8. The lowest BCUT2D eigenvalue weighted by Gasteiger charge is -2.19. The van der Waals surface area contributed by atoms with Crippen LogP contribution in [-0.2, 0) is 32.7 Å². The summed E-state index contributed by atoms with van der Waals surface area (Å²) in [5.74, 6) is -0.816. The molecular formula is C62H114NO8P. The fraction of sp³-hybridized carbons (Fsp3) is 0.806. The van der Waals surface area contributed by atoms with Gasteiger partial charge in [-0.1, -0.05) is 280 Å². The van der Waals surface area contributed by atoms with Crippen LogP contribution < -0.4 is 5.73 Å². The first-order chi connectivity index (χ1) is 35.3. The highest BCUT2D eigenvalue weighted by Gasteiger charge is 2.26. The minimum atomic E-state index is -4.38. The van der Waals surface area contributed by atoms with E-state index in [4.69, 9.17) is 24.3 Å². The number of ether oxygens (including phenoxy) is 2. The smallest absolute Gasteiger partial charge is 0.462 e. The lowest BCUT2D eigenvalue weighted by Crippen LogP contribution is -2.29. The third kappa shape index (κ3) is 57.0. The number of carbonyl (C=O) groups excluding carboxylic acids is 2. The molecule has 3 N–H and O–H groups in total. The number of esters is 2. The quantitative estimate of drug-likeness (QED) is 0.0264. The van der Waals surface area contributed by atoms with Gasteiger partial charge < -0.3 is 20.1 Å². The average molecular weight is 1030 g/mol. The maximum absolute atomic E-state index is 12.7. The standard InChI is InChI=1S/C62H114NO8P/c1-3-5-7-9-11-13-15-16-17-18-19-20-21-22-23-24-25-26-27-28-29-30-31-32-33-34-35-36-37-38-39-40-41-42-43-44-45-47-49-51-53-55-62(65)71-60(59-70-72(66,67)69-57-56-63)58-68-61(64)54-52-50-48-46-14-12-10-8-6-4-2/h5,7,11,13,16-17,19-20,22-23,60H,3-4,6,8-10,12,14-15,18,21,24-59,63H2,1-2H3,(H,66,67)/b7-5-,13-11-,17-16-,20-19-,23-22-. The monoisotopic (exact) mass is 1030 g/mol. The maximum Gasteiger partial charge on any atom is 0.472 e. The molecule has 0 amide bonds. The Morgan fingerprint density at radius 2 is 0.764 bits per heavy atom. The minimum Gasteiger partial charge on any atom is -0.462 e. The molecule has 0 aliphatic carbocycles. The van der Waals surface area contributed by atoms with E-state index in [1.807, 2.05) is 0 Å². The molecule has 2 unspecified atom stereocenters. The molecule has 2 atom stereocenters. The Morgan fingerprint density at radius 3 is 1.14 bits per heavy atom. The Morgan fingerprint density at radius 1 is 0.431 bits per heavy atom. The molecule has 0 rings (SSSR count). The van der Waals surface area contributed by atoms with Crippen molar-refractivity contribution in [2.45, 2.75) is 296 Å². The number of carbonyl (C=O) groups is 2. The highest BCUT2D eigenvalue weighted by atomic mass is 31.2. The predicted octanol–water partition coefficient (Wildman–Crippen LogP) is 19.1. The van der Waals surface area contributed by atoms with E-state index in [0.29, 0.717) is 6.42 Å². The van der Waals surface area contributed by atoms with Gasteiger partial charge in [0.2, 0.25) is 0 Å². The molecule has 0 spiro atoms. The third-order valence-corrected chi connectivity index (χ3v) is 14.2. The second kappa shape index (κ2) is 58.0. The van der Waals surface area contributed by atoms with Gasteiger partial charge in [0.05, 0.1) is 13.2 Å². The van der Waals surface area contributed by atoms with Gasteiger partial charge in [-0.3, -0.25) is 18.6 Å². The van der Waals surface area contributed by atoms with E-state index in [9.17, 15) is 19.0 Å². The summed E-state index contributed by atoms with van der Waals surface area (Å²) in [5.41, 5.74) is 5.37. The van der Waals surface area contributed by atoms with Crippen LogP contribution in [0.25, 0.3) is 0 Å². The van der Waals surface area contributed by atoms with Gasteiger partial charge in [-0.05, 0) is 57.8 Å².